The molecular formula is C25H34N8. The zero-order chi connectivity index (χ0) is 23.2. The number of anilines is 1. The second kappa shape index (κ2) is 10.5. The predicted molar refractivity (Wildman–Crippen MR) is 132 cm³/mol. The van der Waals surface area contributed by atoms with Gasteiger partial charge in [0, 0.05) is 31.9 Å². The van der Waals surface area contributed by atoms with Crippen LogP contribution in [0.1, 0.15) is 48.7 Å². The Labute approximate surface area is 196 Å². The van der Waals surface area contributed by atoms with E-state index in [1.807, 2.05) is 37.6 Å². The molecule has 0 amide bonds. The van der Waals surface area contributed by atoms with E-state index in [0.29, 0.717) is 12.6 Å². The van der Waals surface area contributed by atoms with Crippen molar-refractivity contribution in [2.45, 2.75) is 52.2 Å². The minimum absolute atomic E-state index is 0.135. The van der Waals surface area contributed by atoms with Gasteiger partial charge in [0.2, 0.25) is 0 Å². The maximum atomic E-state index is 4.86. The summed E-state index contributed by atoms with van der Waals surface area (Å²) in [5, 5.41) is 15.7. The Kier molecular flexibility index (Phi) is 7.22. The van der Waals surface area contributed by atoms with Crippen LogP contribution in [0.3, 0.4) is 0 Å². The van der Waals surface area contributed by atoms with Crippen molar-refractivity contribution in [3.05, 3.63) is 71.4 Å². The molecular weight excluding hydrogens is 412 g/mol. The highest BCUT2D eigenvalue weighted by atomic mass is 15.3. The van der Waals surface area contributed by atoms with Crippen LogP contribution in [-0.4, -0.2) is 44.8 Å². The molecule has 3 heterocycles. The number of nitrogens with zero attached hydrogens (tertiary/aromatic N) is 6. The zero-order valence-corrected chi connectivity index (χ0v) is 20.0. The van der Waals surface area contributed by atoms with Gasteiger partial charge in [-0.25, -0.2) is 9.98 Å². The average Bonchev–Trinajstić information content (AvgIpc) is 3.16. The van der Waals surface area contributed by atoms with Crippen LogP contribution >= 0.6 is 0 Å². The first kappa shape index (κ1) is 22.8. The number of pyridine rings is 1. The van der Waals surface area contributed by atoms with Gasteiger partial charge in [0.1, 0.15) is 18.2 Å². The van der Waals surface area contributed by atoms with Crippen molar-refractivity contribution in [1.82, 2.24) is 30.4 Å². The molecule has 1 aromatic carbocycles. The van der Waals surface area contributed by atoms with Gasteiger partial charge in [0.15, 0.2) is 11.8 Å². The van der Waals surface area contributed by atoms with Crippen LogP contribution in [-0.2, 0) is 13.6 Å². The lowest BCUT2D eigenvalue weighted by Gasteiger charge is -2.34. The van der Waals surface area contributed by atoms with Gasteiger partial charge in [0.25, 0.3) is 0 Å². The number of rotatable bonds is 6. The molecule has 2 N–H and O–H groups in total. The van der Waals surface area contributed by atoms with Gasteiger partial charge in [0.05, 0.1) is 6.04 Å². The summed E-state index contributed by atoms with van der Waals surface area (Å²) in [5.41, 5.74) is 2.28. The third kappa shape index (κ3) is 5.88. The fourth-order valence-corrected chi connectivity index (χ4v) is 4.05. The number of aromatic nitrogens is 4. The molecule has 2 aromatic heterocycles. The van der Waals surface area contributed by atoms with Crippen LogP contribution in [0.4, 0.5) is 5.82 Å². The average molecular weight is 447 g/mol. The number of hydrogen-bond acceptors (Lipinski definition) is 5. The summed E-state index contributed by atoms with van der Waals surface area (Å²) in [6.07, 6.45) is 2.05. The molecule has 0 saturated carbocycles. The van der Waals surface area contributed by atoms with Gasteiger partial charge < -0.3 is 20.1 Å². The Balaban J connectivity index is 1.43. The number of hydrogen-bond donors (Lipinski definition) is 2. The van der Waals surface area contributed by atoms with E-state index in [-0.39, 0.29) is 6.04 Å². The van der Waals surface area contributed by atoms with Crippen molar-refractivity contribution >= 4 is 11.8 Å². The maximum absolute atomic E-state index is 4.86. The predicted octanol–water partition coefficient (Wildman–Crippen LogP) is 3.29. The Morgan fingerprint density at radius 2 is 1.82 bits per heavy atom. The molecule has 1 unspecified atom stereocenters. The summed E-state index contributed by atoms with van der Waals surface area (Å²) >= 11 is 0. The number of benzene rings is 1. The fraction of sp³-hybridized carbons (Fsp3) is 0.440. The summed E-state index contributed by atoms with van der Waals surface area (Å²) in [6, 6.07) is 17.1. The Morgan fingerprint density at radius 1 is 1.06 bits per heavy atom. The van der Waals surface area contributed by atoms with Crippen molar-refractivity contribution in [3.63, 3.8) is 0 Å². The van der Waals surface area contributed by atoms with E-state index < -0.39 is 0 Å². The molecule has 1 aliphatic rings. The van der Waals surface area contributed by atoms with Crippen LogP contribution in [0.5, 0.6) is 0 Å². The number of guanidine groups is 1. The van der Waals surface area contributed by atoms with Gasteiger partial charge in [-0.1, -0.05) is 36.4 Å². The lowest BCUT2D eigenvalue weighted by atomic mass is 10.0. The monoisotopic (exact) mass is 446 g/mol. The molecule has 0 bridgehead atoms. The molecule has 1 fully saturated rings. The molecule has 0 radical (unpaired) electrons. The molecule has 3 aromatic rings. The molecule has 1 atom stereocenters. The number of aliphatic imine (C=N–C) groups is 1. The highest BCUT2D eigenvalue weighted by molar-refractivity contribution is 5.80. The molecule has 33 heavy (non-hydrogen) atoms. The highest BCUT2D eigenvalue weighted by Crippen LogP contribution is 2.18. The van der Waals surface area contributed by atoms with Crippen molar-refractivity contribution in [2.75, 3.05) is 18.0 Å². The number of aryl methyl sites for hydroxylation is 2. The van der Waals surface area contributed by atoms with E-state index in [2.05, 4.69) is 74.0 Å². The molecule has 0 aliphatic carbocycles. The SMILES string of the molecule is Cc1cccc(N2CCC(NC(=NCc3nnc(C)n3C)NC(C)c3ccccc3)CC2)n1. The molecule has 4 rings (SSSR count). The third-order valence-corrected chi connectivity index (χ3v) is 6.25. The third-order valence-electron chi connectivity index (χ3n) is 6.25. The first-order valence-electron chi connectivity index (χ1n) is 11.7. The van der Waals surface area contributed by atoms with Crippen molar-refractivity contribution in [2.24, 2.45) is 12.0 Å². The van der Waals surface area contributed by atoms with E-state index >= 15 is 0 Å². The van der Waals surface area contributed by atoms with Crippen LogP contribution in [0.15, 0.2) is 53.5 Å². The van der Waals surface area contributed by atoms with Crippen LogP contribution in [0.2, 0.25) is 0 Å². The smallest absolute Gasteiger partial charge is 0.192 e. The summed E-state index contributed by atoms with van der Waals surface area (Å²) < 4.78 is 1.98. The molecule has 1 aliphatic heterocycles. The quantitative estimate of drug-likeness (QED) is 0.447. The summed E-state index contributed by atoms with van der Waals surface area (Å²) in [5.74, 6) is 3.61. The molecule has 0 spiro atoms. The van der Waals surface area contributed by atoms with Crippen molar-refractivity contribution in [1.29, 1.82) is 0 Å². The van der Waals surface area contributed by atoms with Crippen LogP contribution in [0, 0.1) is 13.8 Å². The van der Waals surface area contributed by atoms with Crippen molar-refractivity contribution < 1.29 is 0 Å². The van der Waals surface area contributed by atoms with Crippen molar-refractivity contribution in [3.8, 4) is 0 Å². The highest BCUT2D eigenvalue weighted by Gasteiger charge is 2.22. The first-order chi connectivity index (χ1) is 16.0. The van der Waals surface area contributed by atoms with Crippen LogP contribution < -0.4 is 15.5 Å². The molecule has 174 valence electrons. The second-order valence-corrected chi connectivity index (χ2v) is 8.71. The van der Waals surface area contributed by atoms with Gasteiger partial charge in [-0.15, -0.1) is 10.2 Å². The lowest BCUT2D eigenvalue weighted by Crippen LogP contribution is -2.49. The van der Waals surface area contributed by atoms with E-state index in [4.69, 9.17) is 4.99 Å². The normalized spacial score (nSPS) is 16.0. The topological polar surface area (TPSA) is 83.3 Å². The van der Waals surface area contributed by atoms with Gasteiger partial charge in [-0.05, 0) is 51.3 Å². The minimum Gasteiger partial charge on any atom is -0.356 e. The second-order valence-electron chi connectivity index (χ2n) is 8.71. The van der Waals surface area contributed by atoms with Crippen LogP contribution in [0.25, 0.3) is 0 Å². The Hall–Kier alpha value is -3.42. The zero-order valence-electron chi connectivity index (χ0n) is 20.0. The summed E-state index contributed by atoms with van der Waals surface area (Å²) in [6.45, 7) is 8.56. The Morgan fingerprint density at radius 3 is 2.48 bits per heavy atom. The largest absolute Gasteiger partial charge is 0.356 e. The maximum Gasteiger partial charge on any atom is 0.192 e. The van der Waals surface area contributed by atoms with E-state index in [1.165, 1.54) is 5.56 Å². The summed E-state index contributed by atoms with van der Waals surface area (Å²) in [7, 11) is 1.97. The number of nitrogens with one attached hydrogen (secondary N) is 2. The van der Waals surface area contributed by atoms with Gasteiger partial charge >= 0.3 is 0 Å². The van der Waals surface area contributed by atoms with Gasteiger partial charge in [-0.2, -0.15) is 0 Å². The standard InChI is InChI=1S/C25H34N8/c1-18-9-8-12-23(27-18)33-15-13-22(14-16-33)29-25(26-17-24-31-30-20(3)32(24)4)28-19(2)21-10-6-5-7-11-21/h5-12,19,22H,13-17H2,1-4H3,(H2,26,28,29). The van der Waals surface area contributed by atoms with E-state index in [1.54, 1.807) is 0 Å². The fourth-order valence-electron chi connectivity index (χ4n) is 4.05. The minimum atomic E-state index is 0.135. The van der Waals surface area contributed by atoms with Gasteiger partial charge in [-0.3, -0.25) is 0 Å². The molecule has 1 saturated heterocycles. The first-order valence-corrected chi connectivity index (χ1v) is 11.7. The van der Waals surface area contributed by atoms with E-state index in [0.717, 1.165) is 55.1 Å². The molecule has 8 heteroatoms. The van der Waals surface area contributed by atoms with E-state index in [9.17, 15) is 0 Å². The number of piperidine rings is 1. The summed E-state index contributed by atoms with van der Waals surface area (Å²) in [4.78, 5) is 11.9. The lowest BCUT2D eigenvalue weighted by molar-refractivity contribution is 0.456. The molecule has 8 nitrogen and oxygen atoms in total. The Bertz CT molecular complexity index is 1070.